The van der Waals surface area contributed by atoms with Gasteiger partial charge in [0.1, 0.15) is 10.6 Å². The molecular formula is C18H21N3O4S. The summed E-state index contributed by atoms with van der Waals surface area (Å²) in [5, 5.41) is 14.5. The number of hydrogen-bond acceptors (Lipinski definition) is 6. The molecule has 2 aromatic rings. The second kappa shape index (κ2) is 7.33. The first-order valence-corrected chi connectivity index (χ1v) is 10.3. The maximum Gasteiger partial charge on any atom is 0.310 e. The Balaban J connectivity index is 1.72. The summed E-state index contributed by atoms with van der Waals surface area (Å²) in [6.45, 7) is 2.34. The fraction of sp³-hybridized carbons (Fsp3) is 0.333. The van der Waals surface area contributed by atoms with Gasteiger partial charge in [-0.2, -0.15) is 0 Å². The molecule has 1 saturated heterocycles. The Bertz CT molecular complexity index is 900. The molecule has 3 rings (SSSR count). The fourth-order valence-corrected chi connectivity index (χ4v) is 4.14. The van der Waals surface area contributed by atoms with Gasteiger partial charge >= 0.3 is 5.69 Å². The lowest BCUT2D eigenvalue weighted by atomic mass is 10.1. The van der Waals surface area contributed by atoms with Gasteiger partial charge in [0.2, 0.25) is 0 Å². The van der Waals surface area contributed by atoms with Crippen molar-refractivity contribution in [3.8, 4) is 0 Å². The molecule has 8 heteroatoms. The maximum atomic E-state index is 11.8. The third kappa shape index (κ3) is 3.96. The van der Waals surface area contributed by atoms with Crippen LogP contribution < -0.4 is 10.2 Å². The van der Waals surface area contributed by atoms with Crippen LogP contribution in [0.25, 0.3) is 0 Å². The van der Waals surface area contributed by atoms with Gasteiger partial charge in [-0.05, 0) is 36.6 Å². The van der Waals surface area contributed by atoms with E-state index in [0.29, 0.717) is 12.5 Å². The molecule has 1 unspecified atom stereocenters. The molecule has 2 aromatic carbocycles. The van der Waals surface area contributed by atoms with E-state index in [1.807, 2.05) is 18.2 Å². The van der Waals surface area contributed by atoms with Crippen molar-refractivity contribution in [1.82, 2.24) is 0 Å². The summed E-state index contributed by atoms with van der Waals surface area (Å²) in [7, 11) is -3.67. The largest absolute Gasteiger partial charge is 0.379 e. The Morgan fingerprint density at radius 2 is 1.92 bits per heavy atom. The van der Waals surface area contributed by atoms with Crippen LogP contribution in [-0.4, -0.2) is 39.2 Å². The van der Waals surface area contributed by atoms with Crippen molar-refractivity contribution in [2.75, 3.05) is 36.1 Å². The van der Waals surface area contributed by atoms with Crippen LogP contribution in [0.2, 0.25) is 0 Å². The first-order valence-electron chi connectivity index (χ1n) is 8.37. The van der Waals surface area contributed by atoms with Crippen molar-refractivity contribution >= 4 is 26.9 Å². The Kier molecular flexibility index (Phi) is 5.13. The molecule has 7 nitrogen and oxygen atoms in total. The normalized spacial score (nSPS) is 17.3. The number of nitrogens with zero attached hydrogens (tertiary/aromatic N) is 2. The Hall–Kier alpha value is -2.61. The highest BCUT2D eigenvalue weighted by Crippen LogP contribution is 2.32. The van der Waals surface area contributed by atoms with Gasteiger partial charge in [0.05, 0.1) is 4.92 Å². The minimum absolute atomic E-state index is 0.246. The van der Waals surface area contributed by atoms with Gasteiger partial charge in [-0.3, -0.25) is 10.1 Å². The molecule has 0 bridgehead atoms. The third-order valence-electron chi connectivity index (χ3n) is 4.57. The van der Waals surface area contributed by atoms with E-state index in [0.717, 1.165) is 25.8 Å². The number of benzene rings is 2. The molecule has 26 heavy (non-hydrogen) atoms. The molecule has 1 heterocycles. The second-order valence-corrected chi connectivity index (χ2v) is 8.48. The Morgan fingerprint density at radius 3 is 2.58 bits per heavy atom. The molecule has 0 radical (unpaired) electrons. The predicted octanol–water partition coefficient (Wildman–Crippen LogP) is 2.94. The summed E-state index contributed by atoms with van der Waals surface area (Å²) >= 11 is 0. The van der Waals surface area contributed by atoms with Gasteiger partial charge in [0, 0.05) is 31.6 Å². The van der Waals surface area contributed by atoms with E-state index >= 15 is 0 Å². The summed E-state index contributed by atoms with van der Waals surface area (Å²) in [4.78, 5) is 12.8. The van der Waals surface area contributed by atoms with Crippen molar-refractivity contribution in [3.05, 3.63) is 58.6 Å². The highest BCUT2D eigenvalue weighted by atomic mass is 32.2. The third-order valence-corrected chi connectivity index (χ3v) is 5.70. The summed E-state index contributed by atoms with van der Waals surface area (Å²) in [5.41, 5.74) is 1.03. The molecule has 1 fully saturated rings. The molecular weight excluding hydrogens is 354 g/mol. The van der Waals surface area contributed by atoms with Crippen LogP contribution in [0.3, 0.4) is 0 Å². The van der Waals surface area contributed by atoms with Crippen LogP contribution in [0.15, 0.2) is 53.4 Å². The first-order chi connectivity index (χ1) is 12.4. The number of anilines is 2. The molecule has 0 spiro atoms. The number of rotatable bonds is 6. The van der Waals surface area contributed by atoms with Crippen molar-refractivity contribution in [1.29, 1.82) is 0 Å². The highest BCUT2D eigenvalue weighted by Gasteiger charge is 2.27. The fourth-order valence-electron chi connectivity index (χ4n) is 3.28. The van der Waals surface area contributed by atoms with E-state index < -0.39 is 14.8 Å². The average Bonchev–Trinajstić information content (AvgIpc) is 3.08. The molecule has 0 aliphatic carbocycles. The van der Waals surface area contributed by atoms with Gasteiger partial charge in [-0.25, -0.2) is 8.42 Å². The van der Waals surface area contributed by atoms with E-state index in [9.17, 15) is 18.5 Å². The molecule has 0 saturated carbocycles. The van der Waals surface area contributed by atoms with Crippen molar-refractivity contribution < 1.29 is 13.3 Å². The first kappa shape index (κ1) is 18.2. The number of hydrogen-bond donors (Lipinski definition) is 1. The lowest BCUT2D eigenvalue weighted by Gasteiger charge is -2.19. The summed E-state index contributed by atoms with van der Waals surface area (Å²) in [5.74, 6) is 0.330. The van der Waals surface area contributed by atoms with Gasteiger partial charge in [0.15, 0.2) is 9.84 Å². The maximum absolute atomic E-state index is 11.8. The topological polar surface area (TPSA) is 92.6 Å². The monoisotopic (exact) mass is 375 g/mol. The Morgan fingerprint density at radius 1 is 1.19 bits per heavy atom. The van der Waals surface area contributed by atoms with Crippen molar-refractivity contribution in [2.45, 2.75) is 11.3 Å². The lowest BCUT2D eigenvalue weighted by molar-refractivity contribution is -0.386. The standard InChI is InChI=1S/C18H21N3O4S/c1-26(24,25)17-9-5-8-16(18(17)21(22)23)19-12-14-10-11-20(13-14)15-6-3-2-4-7-15/h2-9,14,19H,10-13H2,1H3. The predicted molar refractivity (Wildman–Crippen MR) is 101 cm³/mol. The SMILES string of the molecule is CS(=O)(=O)c1cccc(NCC2CCN(c3ccccc3)C2)c1[N+](=O)[O-]. The number of para-hydroxylation sites is 2. The zero-order valence-electron chi connectivity index (χ0n) is 14.5. The van der Waals surface area contributed by atoms with Crippen LogP contribution in [0.1, 0.15) is 6.42 Å². The van der Waals surface area contributed by atoms with Crippen LogP contribution in [-0.2, 0) is 9.84 Å². The van der Waals surface area contributed by atoms with Gasteiger partial charge in [-0.1, -0.05) is 24.3 Å². The molecule has 1 aliphatic heterocycles. The molecule has 1 atom stereocenters. The number of sulfone groups is 1. The van der Waals surface area contributed by atoms with Crippen molar-refractivity contribution in [2.24, 2.45) is 5.92 Å². The van der Waals surface area contributed by atoms with E-state index in [1.54, 1.807) is 6.07 Å². The van der Waals surface area contributed by atoms with Gasteiger partial charge < -0.3 is 10.2 Å². The van der Waals surface area contributed by atoms with Crippen LogP contribution >= 0.6 is 0 Å². The summed E-state index contributed by atoms with van der Waals surface area (Å²) < 4.78 is 23.7. The molecule has 138 valence electrons. The number of nitrogens with one attached hydrogen (secondary N) is 1. The summed E-state index contributed by atoms with van der Waals surface area (Å²) in [6, 6.07) is 14.5. The molecule has 1 N–H and O–H groups in total. The highest BCUT2D eigenvalue weighted by molar-refractivity contribution is 7.90. The zero-order valence-corrected chi connectivity index (χ0v) is 15.3. The van der Waals surface area contributed by atoms with Gasteiger partial charge in [-0.15, -0.1) is 0 Å². The molecule has 0 aromatic heterocycles. The second-order valence-electron chi connectivity index (χ2n) is 6.50. The molecule has 1 aliphatic rings. The van der Waals surface area contributed by atoms with Crippen molar-refractivity contribution in [3.63, 3.8) is 0 Å². The van der Waals surface area contributed by atoms with E-state index in [2.05, 4.69) is 22.3 Å². The number of nitro groups is 1. The summed E-state index contributed by atoms with van der Waals surface area (Å²) in [6.07, 6.45) is 1.95. The van der Waals surface area contributed by atoms with Crippen LogP contribution in [0, 0.1) is 16.0 Å². The Labute approximate surface area is 152 Å². The minimum Gasteiger partial charge on any atom is -0.379 e. The van der Waals surface area contributed by atoms with Crippen LogP contribution in [0.5, 0.6) is 0 Å². The van der Waals surface area contributed by atoms with E-state index in [1.165, 1.54) is 17.8 Å². The van der Waals surface area contributed by atoms with E-state index in [-0.39, 0.29) is 16.3 Å². The minimum atomic E-state index is -3.67. The lowest BCUT2D eigenvalue weighted by Crippen LogP contribution is -2.22. The van der Waals surface area contributed by atoms with Crippen LogP contribution in [0.4, 0.5) is 17.1 Å². The zero-order chi connectivity index (χ0) is 18.7. The molecule has 0 amide bonds. The number of nitro benzene ring substituents is 1. The average molecular weight is 375 g/mol. The van der Waals surface area contributed by atoms with E-state index in [4.69, 9.17) is 0 Å². The van der Waals surface area contributed by atoms with Gasteiger partial charge in [0.25, 0.3) is 0 Å². The smallest absolute Gasteiger partial charge is 0.310 e. The quantitative estimate of drug-likeness (QED) is 0.616.